The highest BCUT2D eigenvalue weighted by Gasteiger charge is 2.04. The van der Waals surface area contributed by atoms with Crippen LogP contribution in [-0.4, -0.2) is 42.8 Å². The Morgan fingerprint density at radius 2 is 2.38 bits per heavy atom. The molecule has 92 valence electrons. The van der Waals surface area contributed by atoms with Gasteiger partial charge in [-0.2, -0.15) is 5.10 Å². The predicted octanol–water partition coefficient (Wildman–Crippen LogP) is 1.37. The van der Waals surface area contributed by atoms with Gasteiger partial charge >= 0.3 is 0 Å². The number of nitrogens with zero attached hydrogens (tertiary/aromatic N) is 2. The highest BCUT2D eigenvalue weighted by molar-refractivity contribution is 5.33. The van der Waals surface area contributed by atoms with Gasteiger partial charge in [0, 0.05) is 32.0 Å². The molecule has 0 spiro atoms. The highest BCUT2D eigenvalue weighted by atomic mass is 16.5. The molecule has 1 aromatic heterocycles. The van der Waals surface area contributed by atoms with E-state index in [2.05, 4.69) is 17.3 Å². The largest absolute Gasteiger partial charge is 0.383 e. The molecule has 16 heavy (non-hydrogen) atoms. The Morgan fingerprint density at radius 1 is 1.56 bits per heavy atom. The first-order chi connectivity index (χ1) is 7.76. The Hall–Kier alpha value is -1.07. The standard InChI is InChI=1S/C11H21N3O2/c1-4-16-9-10(2)12-11-5-6-14(13-11)7-8-15-3/h5-6,10H,4,7-9H2,1-3H3,(H,12,13). The molecular weight excluding hydrogens is 206 g/mol. The first kappa shape index (κ1) is 13.0. The third kappa shape index (κ3) is 4.63. The van der Waals surface area contributed by atoms with Crippen molar-refractivity contribution in [2.45, 2.75) is 26.4 Å². The predicted molar refractivity (Wildman–Crippen MR) is 63.7 cm³/mol. The molecule has 0 fully saturated rings. The summed E-state index contributed by atoms with van der Waals surface area (Å²) in [4.78, 5) is 0. The zero-order valence-corrected chi connectivity index (χ0v) is 10.3. The zero-order valence-electron chi connectivity index (χ0n) is 10.3. The van der Waals surface area contributed by atoms with Crippen LogP contribution in [-0.2, 0) is 16.0 Å². The van der Waals surface area contributed by atoms with Gasteiger partial charge in [0.15, 0.2) is 0 Å². The van der Waals surface area contributed by atoms with Crippen molar-refractivity contribution < 1.29 is 9.47 Å². The van der Waals surface area contributed by atoms with Gasteiger partial charge in [-0.1, -0.05) is 0 Å². The van der Waals surface area contributed by atoms with Crippen molar-refractivity contribution in [1.29, 1.82) is 0 Å². The summed E-state index contributed by atoms with van der Waals surface area (Å²) in [5.41, 5.74) is 0. The van der Waals surface area contributed by atoms with E-state index in [0.29, 0.717) is 13.2 Å². The maximum Gasteiger partial charge on any atom is 0.148 e. The molecule has 1 heterocycles. The van der Waals surface area contributed by atoms with Crippen LogP contribution in [0.25, 0.3) is 0 Å². The van der Waals surface area contributed by atoms with Gasteiger partial charge in [-0.3, -0.25) is 4.68 Å². The van der Waals surface area contributed by atoms with Crippen molar-refractivity contribution >= 4 is 5.82 Å². The van der Waals surface area contributed by atoms with E-state index in [1.54, 1.807) is 7.11 Å². The molecule has 1 atom stereocenters. The molecule has 0 saturated carbocycles. The number of aromatic nitrogens is 2. The molecule has 0 amide bonds. The molecule has 0 aliphatic heterocycles. The summed E-state index contributed by atoms with van der Waals surface area (Å²) in [6.45, 7) is 6.96. The third-order valence-electron chi connectivity index (χ3n) is 2.13. The normalized spacial score (nSPS) is 12.7. The molecule has 5 heteroatoms. The van der Waals surface area contributed by atoms with Crippen LogP contribution in [0.4, 0.5) is 5.82 Å². The first-order valence-electron chi connectivity index (χ1n) is 5.63. The van der Waals surface area contributed by atoms with Crippen molar-refractivity contribution in [3.8, 4) is 0 Å². The smallest absolute Gasteiger partial charge is 0.148 e. The maximum atomic E-state index is 5.32. The quantitative estimate of drug-likeness (QED) is 0.728. The minimum absolute atomic E-state index is 0.269. The van der Waals surface area contributed by atoms with Crippen LogP contribution >= 0.6 is 0 Å². The van der Waals surface area contributed by atoms with Gasteiger partial charge in [0.1, 0.15) is 5.82 Å². The molecule has 1 unspecified atom stereocenters. The van der Waals surface area contributed by atoms with E-state index in [0.717, 1.165) is 19.0 Å². The van der Waals surface area contributed by atoms with Gasteiger partial charge in [-0.25, -0.2) is 0 Å². The van der Waals surface area contributed by atoms with E-state index < -0.39 is 0 Å². The lowest BCUT2D eigenvalue weighted by molar-refractivity contribution is 0.141. The minimum Gasteiger partial charge on any atom is -0.383 e. The second-order valence-corrected chi connectivity index (χ2v) is 3.66. The van der Waals surface area contributed by atoms with Crippen LogP contribution < -0.4 is 5.32 Å². The molecule has 1 rings (SSSR count). The molecular formula is C11H21N3O2. The molecule has 0 aromatic carbocycles. The van der Waals surface area contributed by atoms with E-state index in [4.69, 9.17) is 9.47 Å². The lowest BCUT2D eigenvalue weighted by Crippen LogP contribution is -2.22. The van der Waals surface area contributed by atoms with E-state index in [-0.39, 0.29) is 6.04 Å². The van der Waals surface area contributed by atoms with E-state index in [9.17, 15) is 0 Å². The number of methoxy groups -OCH3 is 1. The Morgan fingerprint density at radius 3 is 3.06 bits per heavy atom. The highest BCUT2D eigenvalue weighted by Crippen LogP contribution is 2.04. The van der Waals surface area contributed by atoms with Crippen molar-refractivity contribution in [2.24, 2.45) is 0 Å². The molecule has 5 nitrogen and oxygen atoms in total. The first-order valence-corrected chi connectivity index (χ1v) is 5.63. The summed E-state index contributed by atoms with van der Waals surface area (Å²) in [5, 5.41) is 7.64. The van der Waals surface area contributed by atoms with Gasteiger partial charge in [0.25, 0.3) is 0 Å². The summed E-state index contributed by atoms with van der Waals surface area (Å²) in [7, 11) is 1.69. The molecule has 0 saturated heterocycles. The second-order valence-electron chi connectivity index (χ2n) is 3.66. The monoisotopic (exact) mass is 227 g/mol. The van der Waals surface area contributed by atoms with E-state index in [1.807, 2.05) is 23.9 Å². The lowest BCUT2D eigenvalue weighted by atomic mass is 10.3. The Kier molecular flexibility index (Phi) is 5.88. The number of hydrogen-bond acceptors (Lipinski definition) is 4. The summed E-state index contributed by atoms with van der Waals surface area (Å²) in [6, 6.07) is 2.23. The molecule has 0 radical (unpaired) electrons. The third-order valence-corrected chi connectivity index (χ3v) is 2.13. The fourth-order valence-electron chi connectivity index (χ4n) is 1.34. The summed E-state index contributed by atoms with van der Waals surface area (Å²) >= 11 is 0. The Labute approximate surface area is 96.7 Å². The van der Waals surface area contributed by atoms with Gasteiger partial charge in [0.2, 0.25) is 0 Å². The van der Waals surface area contributed by atoms with Crippen LogP contribution in [0.15, 0.2) is 12.3 Å². The van der Waals surface area contributed by atoms with E-state index >= 15 is 0 Å². The molecule has 0 aliphatic carbocycles. The minimum atomic E-state index is 0.269. The Bertz CT molecular complexity index is 289. The summed E-state index contributed by atoms with van der Waals surface area (Å²) in [5.74, 6) is 0.878. The molecule has 0 bridgehead atoms. The number of anilines is 1. The van der Waals surface area contributed by atoms with Gasteiger partial charge in [-0.05, 0) is 13.8 Å². The van der Waals surface area contributed by atoms with Crippen molar-refractivity contribution in [3.63, 3.8) is 0 Å². The SMILES string of the molecule is CCOCC(C)Nc1ccn(CCOC)n1. The summed E-state index contributed by atoms with van der Waals surface area (Å²) < 4.78 is 12.2. The van der Waals surface area contributed by atoms with E-state index in [1.165, 1.54) is 0 Å². The lowest BCUT2D eigenvalue weighted by Gasteiger charge is -2.12. The summed E-state index contributed by atoms with van der Waals surface area (Å²) in [6.07, 6.45) is 1.94. The number of nitrogens with one attached hydrogen (secondary N) is 1. The van der Waals surface area contributed by atoms with Crippen LogP contribution in [0.5, 0.6) is 0 Å². The number of ether oxygens (including phenoxy) is 2. The Balaban J connectivity index is 2.33. The average Bonchev–Trinajstić information content (AvgIpc) is 2.71. The fourth-order valence-corrected chi connectivity index (χ4v) is 1.34. The van der Waals surface area contributed by atoms with Crippen LogP contribution in [0.2, 0.25) is 0 Å². The fraction of sp³-hybridized carbons (Fsp3) is 0.727. The van der Waals surface area contributed by atoms with Gasteiger partial charge < -0.3 is 14.8 Å². The van der Waals surface area contributed by atoms with Gasteiger partial charge in [0.05, 0.1) is 19.8 Å². The van der Waals surface area contributed by atoms with Crippen molar-refractivity contribution in [2.75, 3.05) is 32.2 Å². The zero-order chi connectivity index (χ0) is 11.8. The second kappa shape index (κ2) is 7.24. The van der Waals surface area contributed by atoms with Crippen LogP contribution in [0.3, 0.4) is 0 Å². The number of hydrogen-bond donors (Lipinski definition) is 1. The molecule has 1 aromatic rings. The topological polar surface area (TPSA) is 48.3 Å². The molecule has 0 aliphatic rings. The number of rotatable bonds is 8. The molecule has 1 N–H and O–H groups in total. The van der Waals surface area contributed by atoms with Crippen LogP contribution in [0, 0.1) is 0 Å². The average molecular weight is 227 g/mol. The maximum absolute atomic E-state index is 5.32. The van der Waals surface area contributed by atoms with Gasteiger partial charge in [-0.15, -0.1) is 0 Å². The van der Waals surface area contributed by atoms with Crippen molar-refractivity contribution in [1.82, 2.24) is 9.78 Å². The van der Waals surface area contributed by atoms with Crippen molar-refractivity contribution in [3.05, 3.63) is 12.3 Å². The van der Waals surface area contributed by atoms with Crippen LogP contribution in [0.1, 0.15) is 13.8 Å².